The number of halogens is 1. The van der Waals surface area contributed by atoms with Crippen LogP contribution >= 0.6 is 0 Å². The second kappa shape index (κ2) is 7.35. The molecule has 1 aliphatic rings. The van der Waals surface area contributed by atoms with Crippen molar-refractivity contribution in [1.82, 2.24) is 30.0 Å². The van der Waals surface area contributed by atoms with Crippen LogP contribution in [0.15, 0.2) is 54.7 Å². The van der Waals surface area contributed by atoms with Crippen LogP contribution in [0.2, 0.25) is 0 Å². The lowest BCUT2D eigenvalue weighted by molar-refractivity contribution is 0.201. The number of nitrogens with zero attached hydrogens (tertiary/aromatic N) is 3. The molecule has 0 unspecified atom stereocenters. The van der Waals surface area contributed by atoms with E-state index >= 15 is 0 Å². The first-order chi connectivity index (χ1) is 15.2. The molecule has 4 heterocycles. The van der Waals surface area contributed by atoms with Gasteiger partial charge in [0.1, 0.15) is 11.6 Å². The molecule has 2 aromatic carbocycles. The molecular formula is C24H23FN6. The summed E-state index contributed by atoms with van der Waals surface area (Å²) in [7, 11) is 0. The summed E-state index contributed by atoms with van der Waals surface area (Å²) in [6.07, 6.45) is 4.45. The average Bonchev–Trinajstić information content (AvgIpc) is 3.52. The summed E-state index contributed by atoms with van der Waals surface area (Å²) in [4.78, 5) is 13.8. The van der Waals surface area contributed by atoms with Crippen molar-refractivity contribution < 1.29 is 4.39 Å². The van der Waals surface area contributed by atoms with Crippen molar-refractivity contribution in [3.63, 3.8) is 0 Å². The third kappa shape index (κ3) is 3.41. The Morgan fingerprint density at radius 2 is 1.90 bits per heavy atom. The van der Waals surface area contributed by atoms with Crippen LogP contribution in [0.4, 0.5) is 4.39 Å². The Morgan fingerprint density at radius 3 is 2.81 bits per heavy atom. The third-order valence-electron chi connectivity index (χ3n) is 6.38. The summed E-state index contributed by atoms with van der Waals surface area (Å²) in [6, 6.07) is 15.1. The number of nitrogens with one attached hydrogen (secondary N) is 3. The predicted octanol–water partition coefficient (Wildman–Crippen LogP) is 4.95. The molecule has 1 saturated heterocycles. The van der Waals surface area contributed by atoms with Gasteiger partial charge in [-0.05, 0) is 67.7 Å². The van der Waals surface area contributed by atoms with Gasteiger partial charge in [-0.15, -0.1) is 0 Å². The lowest BCUT2D eigenvalue weighted by Gasteiger charge is -2.31. The Bertz CT molecular complexity index is 1350. The number of para-hydroxylation sites is 1. The minimum Gasteiger partial charge on any atom is -0.361 e. The van der Waals surface area contributed by atoms with E-state index in [-0.39, 0.29) is 5.82 Å². The molecule has 0 spiro atoms. The normalized spacial score (nSPS) is 15.9. The highest BCUT2D eigenvalue weighted by molar-refractivity contribution is 5.85. The topological polar surface area (TPSA) is 76.4 Å². The van der Waals surface area contributed by atoms with Gasteiger partial charge in [0.15, 0.2) is 5.82 Å². The predicted molar refractivity (Wildman–Crippen MR) is 119 cm³/mol. The van der Waals surface area contributed by atoms with Crippen molar-refractivity contribution in [1.29, 1.82) is 0 Å². The Balaban J connectivity index is 1.13. The van der Waals surface area contributed by atoms with Crippen molar-refractivity contribution in [2.75, 3.05) is 13.1 Å². The van der Waals surface area contributed by atoms with E-state index in [1.807, 2.05) is 6.07 Å². The first-order valence-corrected chi connectivity index (χ1v) is 10.7. The average molecular weight is 414 g/mol. The molecule has 0 atom stereocenters. The molecular weight excluding hydrogens is 391 g/mol. The summed E-state index contributed by atoms with van der Waals surface area (Å²) in [6.45, 7) is 2.82. The van der Waals surface area contributed by atoms with E-state index in [1.165, 1.54) is 28.6 Å². The zero-order chi connectivity index (χ0) is 20.8. The molecule has 0 radical (unpaired) electrons. The van der Waals surface area contributed by atoms with Crippen LogP contribution in [0, 0.1) is 5.82 Å². The number of H-pyrrole nitrogens is 3. The summed E-state index contributed by atoms with van der Waals surface area (Å²) in [5, 5.41) is 9.60. The quantitative estimate of drug-likeness (QED) is 0.389. The molecule has 3 aromatic heterocycles. The molecule has 7 heteroatoms. The fourth-order valence-corrected chi connectivity index (χ4v) is 4.76. The molecule has 1 aliphatic heterocycles. The lowest BCUT2D eigenvalue weighted by Crippen LogP contribution is -2.32. The molecule has 3 N–H and O–H groups in total. The van der Waals surface area contributed by atoms with Crippen molar-refractivity contribution in [2.24, 2.45) is 0 Å². The first-order valence-electron chi connectivity index (χ1n) is 10.7. The molecule has 0 saturated carbocycles. The fraction of sp³-hybridized carbons (Fsp3) is 0.250. The monoisotopic (exact) mass is 414 g/mol. The smallest absolute Gasteiger partial charge is 0.197 e. The van der Waals surface area contributed by atoms with Crippen LogP contribution in [-0.4, -0.2) is 43.1 Å². The van der Waals surface area contributed by atoms with Crippen LogP contribution in [-0.2, 0) is 6.54 Å². The van der Waals surface area contributed by atoms with Gasteiger partial charge in [-0.1, -0.05) is 18.2 Å². The Kier molecular flexibility index (Phi) is 4.35. The number of rotatable bonds is 4. The summed E-state index contributed by atoms with van der Waals surface area (Å²) in [5.74, 6) is 1.81. The maximum atomic E-state index is 13.4. The van der Waals surface area contributed by atoms with Gasteiger partial charge in [0.05, 0.1) is 12.2 Å². The second-order valence-corrected chi connectivity index (χ2v) is 8.36. The first kappa shape index (κ1) is 18.3. The number of hydrogen-bond acceptors (Lipinski definition) is 3. The Labute approximate surface area is 178 Å². The van der Waals surface area contributed by atoms with E-state index in [9.17, 15) is 4.39 Å². The van der Waals surface area contributed by atoms with Crippen molar-refractivity contribution in [3.8, 4) is 11.5 Å². The lowest BCUT2D eigenvalue weighted by atomic mass is 9.89. The van der Waals surface area contributed by atoms with E-state index in [2.05, 4.69) is 60.5 Å². The molecule has 0 bridgehead atoms. The summed E-state index contributed by atoms with van der Waals surface area (Å²) < 4.78 is 13.4. The summed E-state index contributed by atoms with van der Waals surface area (Å²) >= 11 is 0. The van der Waals surface area contributed by atoms with Crippen molar-refractivity contribution >= 4 is 21.8 Å². The third-order valence-corrected chi connectivity index (χ3v) is 6.38. The Morgan fingerprint density at radius 1 is 1.03 bits per heavy atom. The zero-order valence-electron chi connectivity index (χ0n) is 17.0. The van der Waals surface area contributed by atoms with E-state index < -0.39 is 0 Å². The standard InChI is InChI=1S/C24H23FN6/c25-17-5-6-20-16(11-17)12-22(27-20)24-28-23(29-30-24)14-31-9-7-15(8-10-31)19-13-26-21-4-2-1-3-18(19)21/h1-6,11-13,15,26-27H,7-10,14H2,(H,28,29,30). The van der Waals surface area contributed by atoms with Crippen LogP contribution in [0.3, 0.4) is 0 Å². The van der Waals surface area contributed by atoms with Gasteiger partial charge in [-0.25, -0.2) is 9.37 Å². The van der Waals surface area contributed by atoms with Crippen LogP contribution in [0.1, 0.15) is 30.1 Å². The maximum absolute atomic E-state index is 13.4. The number of piperidine rings is 1. The molecule has 0 amide bonds. The highest BCUT2D eigenvalue weighted by atomic mass is 19.1. The maximum Gasteiger partial charge on any atom is 0.197 e. The molecule has 6 rings (SSSR count). The zero-order valence-corrected chi connectivity index (χ0v) is 17.0. The van der Waals surface area contributed by atoms with Gasteiger partial charge in [-0.2, -0.15) is 5.10 Å². The van der Waals surface area contributed by atoms with E-state index in [0.717, 1.165) is 54.9 Å². The van der Waals surface area contributed by atoms with Crippen LogP contribution in [0.25, 0.3) is 33.3 Å². The van der Waals surface area contributed by atoms with Crippen LogP contribution < -0.4 is 0 Å². The molecule has 6 nitrogen and oxygen atoms in total. The number of aromatic amines is 3. The number of benzene rings is 2. The molecule has 5 aromatic rings. The minimum atomic E-state index is -0.246. The Hall–Kier alpha value is -3.45. The van der Waals surface area contributed by atoms with Crippen molar-refractivity contribution in [2.45, 2.75) is 25.3 Å². The highest BCUT2D eigenvalue weighted by Crippen LogP contribution is 2.33. The van der Waals surface area contributed by atoms with E-state index in [1.54, 1.807) is 6.07 Å². The van der Waals surface area contributed by atoms with Gasteiger partial charge in [0, 0.05) is 28.0 Å². The van der Waals surface area contributed by atoms with Gasteiger partial charge in [-0.3, -0.25) is 10.00 Å². The van der Waals surface area contributed by atoms with Gasteiger partial charge >= 0.3 is 0 Å². The highest BCUT2D eigenvalue weighted by Gasteiger charge is 2.23. The molecule has 1 fully saturated rings. The number of aromatic nitrogens is 5. The minimum absolute atomic E-state index is 0.246. The molecule has 31 heavy (non-hydrogen) atoms. The van der Waals surface area contributed by atoms with Crippen molar-refractivity contribution in [3.05, 3.63) is 71.9 Å². The largest absolute Gasteiger partial charge is 0.361 e. The molecule has 0 aliphatic carbocycles. The van der Waals surface area contributed by atoms with Gasteiger partial charge in [0.2, 0.25) is 0 Å². The number of hydrogen-bond donors (Lipinski definition) is 3. The second-order valence-electron chi connectivity index (χ2n) is 8.36. The van der Waals surface area contributed by atoms with Gasteiger partial charge < -0.3 is 9.97 Å². The molecule has 156 valence electrons. The van der Waals surface area contributed by atoms with E-state index in [0.29, 0.717) is 11.7 Å². The van der Waals surface area contributed by atoms with E-state index in [4.69, 9.17) is 0 Å². The summed E-state index contributed by atoms with van der Waals surface area (Å²) in [5.41, 5.74) is 4.32. The SMILES string of the molecule is Fc1ccc2[nH]c(-c3n[nH]c(CN4CCC(c5c[nH]c6ccccc56)CC4)n3)cc2c1. The van der Waals surface area contributed by atoms with Gasteiger partial charge in [0.25, 0.3) is 0 Å². The number of likely N-dealkylation sites (tertiary alicyclic amines) is 1. The number of fused-ring (bicyclic) bond motifs is 2. The fourth-order valence-electron chi connectivity index (χ4n) is 4.76. The van der Waals surface area contributed by atoms with Crippen LogP contribution in [0.5, 0.6) is 0 Å².